The van der Waals surface area contributed by atoms with E-state index in [9.17, 15) is 10.2 Å². The van der Waals surface area contributed by atoms with Gasteiger partial charge < -0.3 is 14.9 Å². The van der Waals surface area contributed by atoms with Crippen LogP contribution in [0.2, 0.25) is 0 Å². The summed E-state index contributed by atoms with van der Waals surface area (Å²) in [5.74, 6) is 0.768. The van der Waals surface area contributed by atoms with Crippen molar-refractivity contribution in [1.82, 2.24) is 0 Å². The van der Waals surface area contributed by atoms with Gasteiger partial charge >= 0.3 is 0 Å². The van der Waals surface area contributed by atoms with E-state index in [0.29, 0.717) is 16.9 Å². The van der Waals surface area contributed by atoms with Crippen molar-refractivity contribution in [3.05, 3.63) is 53.6 Å². The first-order valence-corrected chi connectivity index (χ1v) is 8.89. The number of ether oxygens (including phenoxy) is 1. The summed E-state index contributed by atoms with van der Waals surface area (Å²) in [4.78, 5) is 9.37. The Labute approximate surface area is 153 Å². The maximum atomic E-state index is 10.2. The minimum absolute atomic E-state index is 0.0662. The molecular formula is C21H24N2O3. The highest BCUT2D eigenvalue weighted by Crippen LogP contribution is 2.29. The quantitative estimate of drug-likeness (QED) is 0.800. The number of methoxy groups -OCH3 is 1. The summed E-state index contributed by atoms with van der Waals surface area (Å²) in [7, 11) is 1.53. The number of hydrogen-bond acceptors (Lipinski definition) is 5. The molecule has 1 saturated carbocycles. The van der Waals surface area contributed by atoms with Crippen LogP contribution < -0.4 is 4.74 Å². The molecule has 1 aliphatic carbocycles. The minimum atomic E-state index is 0.0662. The molecule has 0 spiro atoms. The van der Waals surface area contributed by atoms with E-state index in [1.807, 2.05) is 24.3 Å². The van der Waals surface area contributed by atoms with Crippen LogP contribution in [0.4, 0.5) is 0 Å². The molecule has 0 amide bonds. The molecule has 0 radical (unpaired) electrons. The van der Waals surface area contributed by atoms with Crippen LogP contribution in [0.1, 0.15) is 36.8 Å². The topological polar surface area (TPSA) is 74.4 Å². The first-order chi connectivity index (χ1) is 12.7. The number of aliphatic imine (C=N–C) groups is 2. The van der Waals surface area contributed by atoms with Crippen LogP contribution in [0, 0.1) is 0 Å². The Kier molecular flexibility index (Phi) is 5.89. The van der Waals surface area contributed by atoms with Gasteiger partial charge in [-0.25, -0.2) is 0 Å². The van der Waals surface area contributed by atoms with Crippen LogP contribution >= 0.6 is 0 Å². The maximum absolute atomic E-state index is 10.2. The van der Waals surface area contributed by atoms with Gasteiger partial charge in [-0.3, -0.25) is 9.98 Å². The zero-order valence-corrected chi connectivity index (χ0v) is 14.9. The molecule has 0 unspecified atom stereocenters. The highest BCUT2D eigenvalue weighted by Gasteiger charge is 2.23. The summed E-state index contributed by atoms with van der Waals surface area (Å²) in [6.07, 6.45) is 7.61. The van der Waals surface area contributed by atoms with Crippen molar-refractivity contribution < 1.29 is 14.9 Å². The zero-order valence-electron chi connectivity index (χ0n) is 14.9. The number of phenolic OH excluding ortho intramolecular Hbond substituents is 2. The Morgan fingerprint density at radius 2 is 1.50 bits per heavy atom. The fraction of sp³-hybridized carbons (Fsp3) is 0.333. The van der Waals surface area contributed by atoms with Gasteiger partial charge in [-0.2, -0.15) is 0 Å². The number of phenols is 2. The summed E-state index contributed by atoms with van der Waals surface area (Å²) >= 11 is 0. The third-order valence-corrected chi connectivity index (χ3v) is 4.69. The number of benzene rings is 2. The van der Waals surface area contributed by atoms with Gasteiger partial charge in [0.25, 0.3) is 0 Å². The molecule has 0 heterocycles. The fourth-order valence-electron chi connectivity index (χ4n) is 3.20. The Morgan fingerprint density at radius 3 is 2.15 bits per heavy atom. The van der Waals surface area contributed by atoms with Crippen molar-refractivity contribution in [2.75, 3.05) is 7.11 Å². The normalized spacial score (nSPS) is 20.7. The molecule has 2 N–H and O–H groups in total. The van der Waals surface area contributed by atoms with Crippen LogP contribution in [0.15, 0.2) is 52.4 Å². The van der Waals surface area contributed by atoms with Gasteiger partial charge in [0, 0.05) is 23.6 Å². The predicted molar refractivity (Wildman–Crippen MR) is 104 cm³/mol. The summed E-state index contributed by atoms with van der Waals surface area (Å²) in [5.41, 5.74) is 1.35. The highest BCUT2D eigenvalue weighted by molar-refractivity contribution is 5.85. The van der Waals surface area contributed by atoms with E-state index in [2.05, 4.69) is 9.98 Å². The smallest absolute Gasteiger partial charge is 0.166 e. The van der Waals surface area contributed by atoms with Crippen molar-refractivity contribution in [3.63, 3.8) is 0 Å². The highest BCUT2D eigenvalue weighted by atomic mass is 16.5. The third kappa shape index (κ3) is 4.23. The summed E-state index contributed by atoms with van der Waals surface area (Å²) < 4.78 is 5.14. The molecule has 1 aliphatic rings. The Balaban J connectivity index is 1.76. The van der Waals surface area contributed by atoms with E-state index in [1.54, 1.807) is 30.6 Å². The second kappa shape index (κ2) is 8.52. The van der Waals surface area contributed by atoms with Crippen LogP contribution in [-0.4, -0.2) is 41.8 Å². The van der Waals surface area contributed by atoms with E-state index < -0.39 is 0 Å². The molecule has 0 aromatic heterocycles. The van der Waals surface area contributed by atoms with Crippen molar-refractivity contribution in [1.29, 1.82) is 0 Å². The molecule has 0 bridgehead atoms. The molecule has 0 saturated heterocycles. The summed E-state index contributed by atoms with van der Waals surface area (Å²) in [6, 6.07) is 12.7. The Hall–Kier alpha value is -2.82. The molecule has 2 aromatic carbocycles. The van der Waals surface area contributed by atoms with Gasteiger partial charge in [0.05, 0.1) is 19.2 Å². The molecule has 3 rings (SSSR count). The van der Waals surface area contributed by atoms with Gasteiger partial charge in [-0.15, -0.1) is 0 Å². The van der Waals surface area contributed by atoms with Gasteiger partial charge in [0.2, 0.25) is 0 Å². The van der Waals surface area contributed by atoms with E-state index in [-0.39, 0.29) is 23.6 Å². The number of nitrogens with zero attached hydrogens (tertiary/aromatic N) is 2. The van der Waals surface area contributed by atoms with Crippen molar-refractivity contribution in [3.8, 4) is 17.2 Å². The molecule has 1 fully saturated rings. The second-order valence-electron chi connectivity index (χ2n) is 6.43. The maximum Gasteiger partial charge on any atom is 0.166 e. The standard InChI is InChI=1S/C21H24N2O3/c1-26-20-12-6-8-16(21(20)25)14-23-18-10-4-3-9-17(18)22-13-15-7-2-5-11-19(15)24/h2,5-8,11-14,17-18,24-25H,3-4,9-10H2,1H3/t17-,18-/m0/s1. The van der Waals surface area contributed by atoms with E-state index in [0.717, 1.165) is 25.7 Å². The molecule has 0 aliphatic heterocycles. The predicted octanol–water partition coefficient (Wildman–Crippen LogP) is 3.96. The number of hydrogen-bond donors (Lipinski definition) is 2. The van der Waals surface area contributed by atoms with Crippen molar-refractivity contribution >= 4 is 12.4 Å². The van der Waals surface area contributed by atoms with Gasteiger partial charge in [0.15, 0.2) is 11.5 Å². The third-order valence-electron chi connectivity index (χ3n) is 4.69. The first kappa shape index (κ1) is 18.0. The lowest BCUT2D eigenvalue weighted by Gasteiger charge is -2.25. The summed E-state index contributed by atoms with van der Waals surface area (Å²) in [5, 5.41) is 20.1. The Morgan fingerprint density at radius 1 is 0.885 bits per heavy atom. The monoisotopic (exact) mass is 352 g/mol. The second-order valence-corrected chi connectivity index (χ2v) is 6.43. The largest absolute Gasteiger partial charge is 0.507 e. The molecular weight excluding hydrogens is 328 g/mol. The number of rotatable bonds is 5. The average molecular weight is 352 g/mol. The lowest BCUT2D eigenvalue weighted by Crippen LogP contribution is -2.27. The van der Waals surface area contributed by atoms with Crippen LogP contribution in [0.3, 0.4) is 0 Å². The first-order valence-electron chi connectivity index (χ1n) is 8.89. The van der Waals surface area contributed by atoms with Gasteiger partial charge in [0.1, 0.15) is 5.75 Å². The molecule has 2 aromatic rings. The van der Waals surface area contributed by atoms with Crippen molar-refractivity contribution in [2.24, 2.45) is 9.98 Å². The molecule has 26 heavy (non-hydrogen) atoms. The van der Waals surface area contributed by atoms with E-state index in [1.165, 1.54) is 7.11 Å². The number of para-hydroxylation sites is 2. The average Bonchev–Trinajstić information content (AvgIpc) is 2.67. The van der Waals surface area contributed by atoms with E-state index in [4.69, 9.17) is 4.74 Å². The molecule has 5 heteroatoms. The molecule has 2 atom stereocenters. The SMILES string of the molecule is COc1cccc(C=N[C@H]2CCCC[C@@H]2N=Cc2ccccc2O)c1O. The Bertz CT molecular complexity index is 802. The van der Waals surface area contributed by atoms with Crippen LogP contribution in [0.25, 0.3) is 0 Å². The fourth-order valence-corrected chi connectivity index (χ4v) is 3.20. The minimum Gasteiger partial charge on any atom is -0.507 e. The zero-order chi connectivity index (χ0) is 18.4. The van der Waals surface area contributed by atoms with E-state index >= 15 is 0 Å². The lowest BCUT2D eigenvalue weighted by molar-refractivity contribution is 0.373. The molecule has 136 valence electrons. The molecule has 5 nitrogen and oxygen atoms in total. The number of aromatic hydroxyl groups is 2. The lowest BCUT2D eigenvalue weighted by atomic mass is 9.91. The van der Waals surface area contributed by atoms with Crippen molar-refractivity contribution in [2.45, 2.75) is 37.8 Å². The van der Waals surface area contributed by atoms with Gasteiger partial charge in [-0.05, 0) is 37.1 Å². The van der Waals surface area contributed by atoms with Gasteiger partial charge in [-0.1, -0.05) is 31.0 Å². The summed E-state index contributed by atoms with van der Waals surface area (Å²) in [6.45, 7) is 0. The van der Waals surface area contributed by atoms with Crippen LogP contribution in [-0.2, 0) is 0 Å². The van der Waals surface area contributed by atoms with Crippen LogP contribution in [0.5, 0.6) is 17.2 Å².